The largest absolute Gasteiger partial charge is 0.349 e. The Hall–Kier alpha value is -0.0800. The molecule has 0 aliphatic carbocycles. The maximum absolute atomic E-state index is 5.97. The summed E-state index contributed by atoms with van der Waals surface area (Å²) in [5, 5.41) is 0. The second kappa shape index (κ2) is 6.49. The van der Waals surface area contributed by atoms with Crippen LogP contribution in [-0.2, 0) is 9.47 Å². The summed E-state index contributed by atoms with van der Waals surface area (Å²) in [4.78, 5) is 0. The van der Waals surface area contributed by atoms with Gasteiger partial charge in [-0.25, -0.2) is 0 Å². The van der Waals surface area contributed by atoms with E-state index in [4.69, 9.17) is 9.47 Å². The van der Waals surface area contributed by atoms with Gasteiger partial charge < -0.3 is 9.47 Å². The van der Waals surface area contributed by atoms with Crippen LogP contribution in [-0.4, -0.2) is 19.0 Å². The number of hydrogen-bond donors (Lipinski definition) is 0. The van der Waals surface area contributed by atoms with E-state index in [0.29, 0.717) is 0 Å². The van der Waals surface area contributed by atoms with Gasteiger partial charge in [0.25, 0.3) is 0 Å². The Morgan fingerprint density at radius 1 is 0.800 bits per heavy atom. The van der Waals surface area contributed by atoms with Crippen LogP contribution < -0.4 is 0 Å². The fourth-order valence-electron chi connectivity index (χ4n) is 1.74. The van der Waals surface area contributed by atoms with Crippen molar-refractivity contribution >= 4 is 0 Å². The Bertz CT molecular complexity index is 150. The summed E-state index contributed by atoms with van der Waals surface area (Å²) in [6.07, 6.45) is 2.97. The predicted molar refractivity (Wildman–Crippen MR) is 65.0 cm³/mol. The Morgan fingerprint density at radius 3 is 1.40 bits per heavy atom. The summed E-state index contributed by atoms with van der Waals surface area (Å²) >= 11 is 0. The van der Waals surface area contributed by atoms with Crippen molar-refractivity contribution in [2.75, 3.05) is 13.2 Å². The molecule has 0 saturated carbocycles. The predicted octanol–water partition coefficient (Wildman–Crippen LogP) is 3.99. The Labute approximate surface area is 95.3 Å². The van der Waals surface area contributed by atoms with Gasteiger partial charge in [-0.05, 0) is 19.3 Å². The molecule has 2 nitrogen and oxygen atoms in total. The minimum Gasteiger partial charge on any atom is -0.349 e. The number of hydrogen-bond acceptors (Lipinski definition) is 2. The molecule has 0 atom stereocenters. The molecule has 0 radical (unpaired) electrons. The van der Waals surface area contributed by atoms with Crippen molar-refractivity contribution in [1.82, 2.24) is 0 Å². The zero-order valence-corrected chi connectivity index (χ0v) is 11.4. The quantitative estimate of drug-likeness (QED) is 0.599. The van der Waals surface area contributed by atoms with Gasteiger partial charge in [0.1, 0.15) is 0 Å². The van der Waals surface area contributed by atoms with Crippen LogP contribution in [0.15, 0.2) is 0 Å². The van der Waals surface area contributed by atoms with Crippen molar-refractivity contribution in [3.63, 3.8) is 0 Å². The third-order valence-electron chi connectivity index (χ3n) is 2.69. The van der Waals surface area contributed by atoms with Crippen molar-refractivity contribution in [2.24, 2.45) is 5.41 Å². The van der Waals surface area contributed by atoms with E-state index in [2.05, 4.69) is 41.5 Å². The van der Waals surface area contributed by atoms with Gasteiger partial charge >= 0.3 is 0 Å². The van der Waals surface area contributed by atoms with Crippen molar-refractivity contribution in [3.05, 3.63) is 0 Å². The summed E-state index contributed by atoms with van der Waals surface area (Å²) in [6.45, 7) is 14.5. The summed E-state index contributed by atoms with van der Waals surface area (Å²) in [5.41, 5.74) is 0.0199. The van der Waals surface area contributed by atoms with E-state index < -0.39 is 5.79 Å². The van der Waals surface area contributed by atoms with Gasteiger partial charge in [-0.15, -0.1) is 0 Å². The summed E-state index contributed by atoms with van der Waals surface area (Å²) < 4.78 is 11.9. The molecular weight excluding hydrogens is 188 g/mol. The zero-order chi connectivity index (χ0) is 11.9. The molecule has 0 aromatic heterocycles. The van der Waals surface area contributed by atoms with Crippen LogP contribution >= 0.6 is 0 Å². The maximum Gasteiger partial charge on any atom is 0.172 e. The smallest absolute Gasteiger partial charge is 0.172 e. The second-order valence-corrected chi connectivity index (χ2v) is 5.05. The van der Waals surface area contributed by atoms with E-state index in [9.17, 15) is 0 Å². The third kappa shape index (κ3) is 4.12. The average molecular weight is 216 g/mol. The Balaban J connectivity index is 4.60. The highest BCUT2D eigenvalue weighted by Gasteiger charge is 2.42. The number of ether oxygens (including phenoxy) is 2. The lowest BCUT2D eigenvalue weighted by molar-refractivity contribution is -0.290. The molecule has 92 valence electrons. The molecular formula is C13H28O2. The van der Waals surface area contributed by atoms with Crippen LogP contribution in [0.5, 0.6) is 0 Å². The molecule has 0 saturated heterocycles. The highest BCUT2D eigenvalue weighted by molar-refractivity contribution is 4.83. The van der Waals surface area contributed by atoms with Crippen molar-refractivity contribution in [3.8, 4) is 0 Å². The van der Waals surface area contributed by atoms with E-state index in [1.54, 1.807) is 0 Å². The third-order valence-corrected chi connectivity index (χ3v) is 2.69. The van der Waals surface area contributed by atoms with Gasteiger partial charge in [0.2, 0.25) is 0 Å². The van der Waals surface area contributed by atoms with E-state index in [0.717, 1.165) is 32.5 Å². The molecule has 0 bridgehead atoms. The Morgan fingerprint density at radius 2 is 1.20 bits per heavy atom. The molecule has 0 heterocycles. The Kier molecular flexibility index (Phi) is 6.46. The van der Waals surface area contributed by atoms with Gasteiger partial charge in [0, 0.05) is 18.6 Å². The van der Waals surface area contributed by atoms with Crippen LogP contribution in [0.1, 0.15) is 60.8 Å². The second-order valence-electron chi connectivity index (χ2n) is 5.05. The summed E-state index contributed by atoms with van der Waals surface area (Å²) in [6, 6.07) is 0. The normalized spacial score (nSPS) is 13.2. The van der Waals surface area contributed by atoms with Crippen LogP contribution in [0.25, 0.3) is 0 Å². The minimum atomic E-state index is -0.418. The van der Waals surface area contributed by atoms with Crippen LogP contribution in [0, 0.1) is 5.41 Å². The molecule has 0 aliphatic rings. The molecule has 0 unspecified atom stereocenters. The molecule has 0 N–H and O–H groups in total. The van der Waals surface area contributed by atoms with Crippen molar-refractivity contribution in [1.29, 1.82) is 0 Å². The number of rotatable bonds is 7. The molecule has 0 spiro atoms. The first-order chi connectivity index (χ1) is 6.93. The lowest BCUT2D eigenvalue weighted by Gasteiger charge is -2.43. The molecule has 0 aromatic rings. The first-order valence-electron chi connectivity index (χ1n) is 6.21. The van der Waals surface area contributed by atoms with Crippen molar-refractivity contribution < 1.29 is 9.47 Å². The molecule has 0 aromatic carbocycles. The molecule has 2 heteroatoms. The lowest BCUT2D eigenvalue weighted by Crippen LogP contribution is -2.48. The lowest BCUT2D eigenvalue weighted by atomic mass is 9.83. The monoisotopic (exact) mass is 216 g/mol. The first-order valence-corrected chi connectivity index (χ1v) is 6.21. The fourth-order valence-corrected chi connectivity index (χ4v) is 1.74. The average Bonchev–Trinajstić information content (AvgIpc) is 2.17. The highest BCUT2D eigenvalue weighted by atomic mass is 16.7. The SMILES string of the molecule is CCCOC(CC)(OCCC)C(C)(C)C. The maximum atomic E-state index is 5.97. The van der Waals surface area contributed by atoms with Gasteiger partial charge in [-0.2, -0.15) is 0 Å². The standard InChI is InChI=1S/C13H28O2/c1-7-10-14-13(9-3,12(4,5)6)15-11-8-2/h7-11H2,1-6H3. The van der Waals surface area contributed by atoms with Gasteiger partial charge in [0.15, 0.2) is 5.79 Å². The highest BCUT2D eigenvalue weighted by Crippen LogP contribution is 2.38. The van der Waals surface area contributed by atoms with E-state index in [1.807, 2.05) is 0 Å². The van der Waals surface area contributed by atoms with E-state index >= 15 is 0 Å². The van der Waals surface area contributed by atoms with Crippen LogP contribution in [0.3, 0.4) is 0 Å². The summed E-state index contributed by atoms with van der Waals surface area (Å²) in [5.74, 6) is -0.418. The van der Waals surface area contributed by atoms with Gasteiger partial charge in [-0.1, -0.05) is 41.5 Å². The van der Waals surface area contributed by atoms with Crippen LogP contribution in [0.2, 0.25) is 0 Å². The minimum absolute atomic E-state index is 0.0199. The topological polar surface area (TPSA) is 18.5 Å². The molecule has 0 rings (SSSR count). The van der Waals surface area contributed by atoms with Gasteiger partial charge in [-0.3, -0.25) is 0 Å². The van der Waals surface area contributed by atoms with E-state index in [-0.39, 0.29) is 5.41 Å². The zero-order valence-electron chi connectivity index (χ0n) is 11.4. The molecule has 0 fully saturated rings. The molecule has 0 amide bonds. The summed E-state index contributed by atoms with van der Waals surface area (Å²) in [7, 11) is 0. The van der Waals surface area contributed by atoms with Gasteiger partial charge in [0.05, 0.1) is 0 Å². The van der Waals surface area contributed by atoms with Crippen LogP contribution in [0.4, 0.5) is 0 Å². The van der Waals surface area contributed by atoms with Crippen molar-refractivity contribution in [2.45, 2.75) is 66.6 Å². The molecule has 0 aliphatic heterocycles. The fraction of sp³-hybridized carbons (Fsp3) is 1.00. The van der Waals surface area contributed by atoms with E-state index in [1.165, 1.54) is 0 Å². The molecule has 15 heavy (non-hydrogen) atoms. The first kappa shape index (κ1) is 14.9.